The van der Waals surface area contributed by atoms with Crippen LogP contribution in [-0.4, -0.2) is 35.6 Å². The van der Waals surface area contributed by atoms with Crippen LogP contribution in [0.1, 0.15) is 46.5 Å². The molecule has 3 nitrogen and oxygen atoms in total. The van der Waals surface area contributed by atoms with Gasteiger partial charge >= 0.3 is 9.28 Å². The zero-order chi connectivity index (χ0) is 12.5. The van der Waals surface area contributed by atoms with E-state index in [2.05, 4.69) is 26.1 Å². The quantitative estimate of drug-likeness (QED) is 0.679. The first-order valence-electron chi connectivity index (χ1n) is 7.27. The Bertz CT molecular complexity index is 180. The van der Waals surface area contributed by atoms with Crippen LogP contribution < -0.4 is 5.32 Å². The van der Waals surface area contributed by atoms with E-state index in [1.54, 1.807) is 0 Å². The lowest BCUT2D eigenvalue weighted by molar-refractivity contribution is 0.184. The van der Waals surface area contributed by atoms with Crippen molar-refractivity contribution in [2.45, 2.75) is 52.0 Å². The maximum atomic E-state index is 5.94. The van der Waals surface area contributed by atoms with E-state index in [9.17, 15) is 0 Å². The van der Waals surface area contributed by atoms with Crippen LogP contribution in [0.4, 0.5) is 0 Å². The summed E-state index contributed by atoms with van der Waals surface area (Å²) in [5.41, 5.74) is 0.688. The van der Waals surface area contributed by atoms with Crippen molar-refractivity contribution in [2.75, 3.05) is 26.3 Å². The summed E-state index contributed by atoms with van der Waals surface area (Å²) < 4.78 is 11.9. The molecular weight excluding hydrogens is 230 g/mol. The molecule has 102 valence electrons. The van der Waals surface area contributed by atoms with Gasteiger partial charge in [0.1, 0.15) is 0 Å². The lowest BCUT2D eigenvalue weighted by atomic mass is 9.93. The Hall–Kier alpha value is 0.0969. The highest BCUT2D eigenvalue weighted by molar-refractivity contribution is 6.46. The van der Waals surface area contributed by atoms with Crippen molar-refractivity contribution in [1.82, 2.24) is 5.32 Å². The van der Waals surface area contributed by atoms with E-state index in [1.165, 1.54) is 32.2 Å². The molecule has 0 amide bonds. The van der Waals surface area contributed by atoms with Gasteiger partial charge in [-0.05, 0) is 52.1 Å². The maximum Gasteiger partial charge on any atom is 0.324 e. The summed E-state index contributed by atoms with van der Waals surface area (Å²) in [7, 11) is -1.48. The van der Waals surface area contributed by atoms with Gasteiger partial charge < -0.3 is 14.2 Å². The zero-order valence-electron chi connectivity index (χ0n) is 11.7. The molecule has 1 aliphatic rings. The van der Waals surface area contributed by atoms with Gasteiger partial charge in [0.15, 0.2) is 0 Å². The Kier molecular flexibility index (Phi) is 8.10. The molecule has 1 N–H and O–H groups in total. The molecule has 0 aromatic carbocycles. The molecule has 2 unspecified atom stereocenters. The minimum Gasteiger partial charge on any atom is -0.397 e. The van der Waals surface area contributed by atoms with E-state index in [4.69, 9.17) is 8.85 Å². The second-order valence-electron chi connectivity index (χ2n) is 4.84. The largest absolute Gasteiger partial charge is 0.397 e. The molecular formula is C13H29NO2Si. The standard InChI is InChI=1S/C13H29NO2Si/c1-4-8-13(12-9-7-10-14-11-12)17(15-5-2)16-6-3/h12-14,17H,4-11H2,1-3H3. The third kappa shape index (κ3) is 5.08. The van der Waals surface area contributed by atoms with Gasteiger partial charge in [-0.3, -0.25) is 0 Å². The number of piperidine rings is 1. The maximum absolute atomic E-state index is 5.94. The van der Waals surface area contributed by atoms with Crippen molar-refractivity contribution >= 4 is 9.28 Å². The van der Waals surface area contributed by atoms with E-state index < -0.39 is 9.28 Å². The number of rotatable bonds is 8. The molecule has 0 saturated carbocycles. The van der Waals surface area contributed by atoms with E-state index in [-0.39, 0.29) is 0 Å². The van der Waals surface area contributed by atoms with Crippen LogP contribution in [0.25, 0.3) is 0 Å². The molecule has 1 fully saturated rings. The minimum atomic E-state index is -1.48. The van der Waals surface area contributed by atoms with Crippen molar-refractivity contribution in [1.29, 1.82) is 0 Å². The van der Waals surface area contributed by atoms with Gasteiger partial charge in [0.25, 0.3) is 0 Å². The summed E-state index contributed by atoms with van der Waals surface area (Å²) in [6.45, 7) is 10.4. The number of hydrogen-bond donors (Lipinski definition) is 1. The normalized spacial score (nSPS) is 22.9. The fourth-order valence-electron chi connectivity index (χ4n) is 2.80. The zero-order valence-corrected chi connectivity index (χ0v) is 12.9. The summed E-state index contributed by atoms with van der Waals surface area (Å²) in [5.74, 6) is 0.776. The molecule has 1 aliphatic heterocycles. The van der Waals surface area contributed by atoms with Crippen LogP contribution in [0.15, 0.2) is 0 Å². The van der Waals surface area contributed by atoms with Crippen LogP contribution in [0.5, 0.6) is 0 Å². The van der Waals surface area contributed by atoms with Crippen LogP contribution in [0.2, 0.25) is 5.54 Å². The van der Waals surface area contributed by atoms with Crippen molar-refractivity contribution in [3.8, 4) is 0 Å². The fraction of sp³-hybridized carbons (Fsp3) is 1.00. The van der Waals surface area contributed by atoms with Crippen LogP contribution in [0, 0.1) is 5.92 Å². The monoisotopic (exact) mass is 259 g/mol. The first-order chi connectivity index (χ1) is 8.33. The molecule has 0 aliphatic carbocycles. The lowest BCUT2D eigenvalue weighted by Crippen LogP contribution is -2.40. The van der Waals surface area contributed by atoms with E-state index in [0.29, 0.717) is 5.54 Å². The van der Waals surface area contributed by atoms with Crippen molar-refractivity contribution in [3.63, 3.8) is 0 Å². The first kappa shape index (κ1) is 15.2. The van der Waals surface area contributed by atoms with Crippen LogP contribution in [0.3, 0.4) is 0 Å². The third-order valence-electron chi connectivity index (χ3n) is 3.57. The molecule has 0 bridgehead atoms. The molecule has 17 heavy (non-hydrogen) atoms. The highest BCUT2D eigenvalue weighted by atomic mass is 28.3. The average Bonchev–Trinajstić information content (AvgIpc) is 2.37. The van der Waals surface area contributed by atoms with Crippen molar-refractivity contribution < 1.29 is 8.85 Å². The van der Waals surface area contributed by atoms with Gasteiger partial charge in [0.2, 0.25) is 0 Å². The average molecular weight is 259 g/mol. The highest BCUT2D eigenvalue weighted by Crippen LogP contribution is 2.32. The Balaban J connectivity index is 2.58. The second-order valence-corrected chi connectivity index (χ2v) is 7.10. The lowest BCUT2D eigenvalue weighted by Gasteiger charge is -2.34. The Morgan fingerprint density at radius 1 is 1.24 bits per heavy atom. The van der Waals surface area contributed by atoms with Crippen LogP contribution in [-0.2, 0) is 8.85 Å². The summed E-state index contributed by atoms with van der Waals surface area (Å²) in [6, 6.07) is 0. The van der Waals surface area contributed by atoms with Gasteiger partial charge in [-0.15, -0.1) is 0 Å². The Morgan fingerprint density at radius 3 is 2.41 bits per heavy atom. The topological polar surface area (TPSA) is 30.5 Å². The van der Waals surface area contributed by atoms with Gasteiger partial charge in [-0.2, -0.15) is 0 Å². The molecule has 1 heterocycles. The minimum absolute atomic E-state index is 0.688. The van der Waals surface area contributed by atoms with Crippen molar-refractivity contribution in [3.05, 3.63) is 0 Å². The van der Waals surface area contributed by atoms with Gasteiger partial charge in [-0.1, -0.05) is 13.3 Å². The SMILES string of the molecule is CCCC(C1CCCNC1)[SiH](OCC)OCC. The fourth-order valence-corrected chi connectivity index (χ4v) is 5.42. The second kappa shape index (κ2) is 9.08. The smallest absolute Gasteiger partial charge is 0.324 e. The Labute approximate surface area is 108 Å². The van der Waals surface area contributed by atoms with Crippen LogP contribution >= 0.6 is 0 Å². The summed E-state index contributed by atoms with van der Waals surface area (Å²) in [6.07, 6.45) is 5.17. The predicted octanol–water partition coefficient (Wildman–Crippen LogP) is 2.45. The van der Waals surface area contributed by atoms with E-state index in [0.717, 1.165) is 25.7 Å². The number of hydrogen-bond acceptors (Lipinski definition) is 3. The summed E-state index contributed by atoms with van der Waals surface area (Å²) >= 11 is 0. The van der Waals surface area contributed by atoms with Crippen molar-refractivity contribution in [2.24, 2.45) is 5.92 Å². The molecule has 4 heteroatoms. The molecule has 0 spiro atoms. The first-order valence-corrected chi connectivity index (χ1v) is 8.88. The summed E-state index contributed by atoms with van der Waals surface area (Å²) in [5, 5.41) is 3.52. The van der Waals surface area contributed by atoms with E-state index in [1.807, 2.05) is 0 Å². The highest BCUT2D eigenvalue weighted by Gasteiger charge is 2.33. The molecule has 1 rings (SSSR count). The third-order valence-corrected chi connectivity index (χ3v) is 6.47. The van der Waals surface area contributed by atoms with Gasteiger partial charge in [0, 0.05) is 18.8 Å². The van der Waals surface area contributed by atoms with E-state index >= 15 is 0 Å². The van der Waals surface area contributed by atoms with Gasteiger partial charge in [0.05, 0.1) is 0 Å². The predicted molar refractivity (Wildman–Crippen MR) is 74.7 cm³/mol. The number of nitrogens with one attached hydrogen (secondary N) is 1. The summed E-state index contributed by atoms with van der Waals surface area (Å²) in [4.78, 5) is 0. The molecule has 1 saturated heterocycles. The molecule has 2 atom stereocenters. The van der Waals surface area contributed by atoms with Gasteiger partial charge in [-0.25, -0.2) is 0 Å². The molecule has 0 aromatic rings. The Morgan fingerprint density at radius 2 is 1.94 bits per heavy atom. The molecule has 0 radical (unpaired) electrons. The molecule has 0 aromatic heterocycles.